The molecule has 0 heterocycles. The number of aliphatic hydroxyl groups is 1. The van der Waals surface area contributed by atoms with E-state index in [2.05, 4.69) is 6.92 Å². The third kappa shape index (κ3) is 13.9. The van der Waals surface area contributed by atoms with Crippen LogP contribution in [0.3, 0.4) is 0 Å². The number of rotatable bonds is 13. The highest BCUT2D eigenvalue weighted by atomic mass is 16.5. The van der Waals surface area contributed by atoms with Gasteiger partial charge in [-0.3, -0.25) is 0 Å². The second-order valence-electron chi connectivity index (χ2n) is 4.33. The van der Waals surface area contributed by atoms with Crippen LogP contribution in [0.2, 0.25) is 0 Å². The van der Waals surface area contributed by atoms with Crippen molar-refractivity contribution in [3.05, 3.63) is 0 Å². The molecule has 0 fully saturated rings. The van der Waals surface area contributed by atoms with Crippen molar-refractivity contribution < 1.29 is 12.6 Å². The molecule has 0 aromatic heterocycles. The molecule has 0 spiro atoms. The van der Waals surface area contributed by atoms with E-state index in [0.29, 0.717) is 6.61 Å². The topological polar surface area (TPSA) is 29.5 Å². The number of aliphatic hydroxyl groups excluding tert-OH is 1. The Kier molecular flexibility index (Phi) is 11.5. The standard InChI is InChI=1S/C14H30O2/c1-2-3-4-5-6-7-8-9-10-11-13-16-14-12-15/h15H,2-14H2,1H3/i14D2. The first kappa shape index (κ1) is 12.4. The lowest BCUT2D eigenvalue weighted by atomic mass is 10.1. The van der Waals surface area contributed by atoms with Gasteiger partial charge in [-0.2, -0.15) is 0 Å². The third-order valence-corrected chi connectivity index (χ3v) is 2.77. The van der Waals surface area contributed by atoms with Gasteiger partial charge >= 0.3 is 0 Å². The lowest BCUT2D eigenvalue weighted by Crippen LogP contribution is -2.00. The van der Waals surface area contributed by atoms with Crippen LogP contribution in [0.25, 0.3) is 0 Å². The molecule has 0 aromatic carbocycles. The molecule has 2 nitrogen and oxygen atoms in total. The minimum atomic E-state index is -1.86. The minimum Gasteiger partial charge on any atom is -0.394 e. The summed E-state index contributed by atoms with van der Waals surface area (Å²) in [7, 11) is 0. The fraction of sp³-hybridized carbons (Fsp3) is 1.00. The first-order valence-electron chi connectivity index (χ1n) is 7.87. The third-order valence-electron chi connectivity index (χ3n) is 2.77. The molecule has 16 heavy (non-hydrogen) atoms. The van der Waals surface area contributed by atoms with Crippen LogP contribution in [-0.4, -0.2) is 24.9 Å². The summed E-state index contributed by atoms with van der Waals surface area (Å²) in [4.78, 5) is 0. The van der Waals surface area contributed by atoms with Gasteiger partial charge < -0.3 is 9.84 Å². The van der Waals surface area contributed by atoms with E-state index in [4.69, 9.17) is 12.6 Å². The summed E-state index contributed by atoms with van der Waals surface area (Å²) < 4.78 is 19.3. The predicted octanol–water partition coefficient (Wildman–Crippen LogP) is 3.92. The molecule has 0 aromatic rings. The molecular formula is C14H30O2. The predicted molar refractivity (Wildman–Crippen MR) is 69.7 cm³/mol. The average molecular weight is 232 g/mol. The number of hydrogen-bond donors (Lipinski definition) is 1. The molecule has 0 aliphatic heterocycles. The molecule has 0 bridgehead atoms. The summed E-state index contributed by atoms with van der Waals surface area (Å²) in [5.41, 5.74) is 0. The molecule has 0 saturated heterocycles. The van der Waals surface area contributed by atoms with Crippen LogP contribution in [-0.2, 0) is 4.74 Å². The van der Waals surface area contributed by atoms with Gasteiger partial charge in [0.15, 0.2) is 0 Å². The van der Waals surface area contributed by atoms with Crippen molar-refractivity contribution in [3.63, 3.8) is 0 Å². The van der Waals surface area contributed by atoms with Crippen molar-refractivity contribution in [2.45, 2.75) is 71.1 Å². The summed E-state index contributed by atoms with van der Waals surface area (Å²) in [5.74, 6) is 0. The van der Waals surface area contributed by atoms with Gasteiger partial charge in [-0.15, -0.1) is 0 Å². The van der Waals surface area contributed by atoms with E-state index >= 15 is 0 Å². The molecule has 0 atom stereocenters. The maximum Gasteiger partial charge on any atom is 0.0697 e. The van der Waals surface area contributed by atoms with Gasteiger partial charge in [0.1, 0.15) is 0 Å². The van der Waals surface area contributed by atoms with Gasteiger partial charge in [0.2, 0.25) is 0 Å². The molecule has 0 amide bonds. The van der Waals surface area contributed by atoms with E-state index < -0.39 is 13.2 Å². The van der Waals surface area contributed by atoms with E-state index in [9.17, 15) is 0 Å². The molecule has 0 unspecified atom stereocenters. The van der Waals surface area contributed by atoms with E-state index in [1.54, 1.807) is 0 Å². The van der Waals surface area contributed by atoms with Gasteiger partial charge in [-0.1, -0.05) is 64.7 Å². The Balaban J connectivity index is 3.08. The van der Waals surface area contributed by atoms with Crippen molar-refractivity contribution in [1.29, 1.82) is 0 Å². The Morgan fingerprint density at radius 3 is 1.88 bits per heavy atom. The number of unbranched alkanes of at least 4 members (excludes halogenated alkanes) is 9. The van der Waals surface area contributed by atoms with Crippen LogP contribution < -0.4 is 0 Å². The Hall–Kier alpha value is -0.0800. The Bertz CT molecular complexity index is 175. The van der Waals surface area contributed by atoms with Gasteiger partial charge in [0.05, 0.1) is 15.9 Å². The summed E-state index contributed by atoms with van der Waals surface area (Å²) in [6.07, 6.45) is 12.6. The van der Waals surface area contributed by atoms with E-state index in [1.165, 1.54) is 51.4 Å². The maximum atomic E-state index is 8.66. The molecule has 1 N–H and O–H groups in total. The smallest absolute Gasteiger partial charge is 0.0697 e. The molecule has 0 radical (unpaired) electrons. The van der Waals surface area contributed by atoms with E-state index in [0.717, 1.165) is 12.8 Å². The second-order valence-corrected chi connectivity index (χ2v) is 4.33. The van der Waals surface area contributed by atoms with Gasteiger partial charge in [0.25, 0.3) is 0 Å². The molecule has 0 saturated carbocycles. The Labute approximate surface area is 104 Å². The SMILES string of the molecule is [2H]C([2H])(CO)OCCCCCCCCCCCC. The monoisotopic (exact) mass is 232 g/mol. The molecule has 0 aliphatic rings. The van der Waals surface area contributed by atoms with Crippen LogP contribution in [0.5, 0.6) is 0 Å². The van der Waals surface area contributed by atoms with Crippen molar-refractivity contribution in [2.24, 2.45) is 0 Å². The highest BCUT2D eigenvalue weighted by Crippen LogP contribution is 2.10. The fourth-order valence-electron chi connectivity index (χ4n) is 1.78. The molecule has 0 aliphatic carbocycles. The van der Waals surface area contributed by atoms with Gasteiger partial charge in [-0.05, 0) is 6.42 Å². The number of ether oxygens (including phenoxy) is 1. The number of hydrogen-bond acceptors (Lipinski definition) is 2. The van der Waals surface area contributed by atoms with Crippen LogP contribution in [0.15, 0.2) is 0 Å². The zero-order chi connectivity index (χ0) is 13.7. The summed E-state index contributed by atoms with van der Waals surface area (Å²) in [5, 5.41) is 8.66. The van der Waals surface area contributed by atoms with Crippen molar-refractivity contribution in [1.82, 2.24) is 0 Å². The summed E-state index contributed by atoms with van der Waals surface area (Å²) in [6, 6.07) is 0. The lowest BCUT2D eigenvalue weighted by molar-refractivity contribution is 0.0895. The van der Waals surface area contributed by atoms with Crippen molar-refractivity contribution in [2.75, 3.05) is 19.8 Å². The zero-order valence-electron chi connectivity index (χ0n) is 12.8. The summed E-state index contributed by atoms with van der Waals surface area (Å²) in [6.45, 7) is 0.218. The quantitative estimate of drug-likeness (QED) is 0.488. The molecule has 2 heteroatoms. The summed E-state index contributed by atoms with van der Waals surface area (Å²) >= 11 is 0. The van der Waals surface area contributed by atoms with Crippen LogP contribution >= 0.6 is 0 Å². The van der Waals surface area contributed by atoms with Crippen LogP contribution in [0, 0.1) is 0 Å². The molecule has 0 rings (SSSR count). The fourth-order valence-corrected chi connectivity index (χ4v) is 1.78. The van der Waals surface area contributed by atoms with Gasteiger partial charge in [0, 0.05) is 6.61 Å². The normalized spacial score (nSPS) is 13.6. The highest BCUT2D eigenvalue weighted by molar-refractivity contribution is 4.47. The largest absolute Gasteiger partial charge is 0.394 e. The minimum absolute atomic E-state index is 0.407. The first-order valence-corrected chi connectivity index (χ1v) is 6.87. The Morgan fingerprint density at radius 2 is 1.38 bits per heavy atom. The second kappa shape index (κ2) is 14.9. The molecular weight excluding hydrogens is 200 g/mol. The lowest BCUT2D eigenvalue weighted by Gasteiger charge is -2.03. The van der Waals surface area contributed by atoms with Crippen molar-refractivity contribution >= 4 is 0 Å². The van der Waals surface area contributed by atoms with Crippen LogP contribution in [0.1, 0.15) is 73.9 Å². The van der Waals surface area contributed by atoms with E-state index in [-0.39, 0.29) is 0 Å². The Morgan fingerprint density at radius 1 is 0.875 bits per heavy atom. The average Bonchev–Trinajstić information content (AvgIpc) is 2.36. The zero-order valence-corrected chi connectivity index (χ0v) is 10.8. The van der Waals surface area contributed by atoms with Crippen molar-refractivity contribution in [3.8, 4) is 0 Å². The van der Waals surface area contributed by atoms with E-state index in [1.807, 2.05) is 0 Å². The van der Waals surface area contributed by atoms with Crippen LogP contribution in [0.4, 0.5) is 0 Å². The van der Waals surface area contributed by atoms with Gasteiger partial charge in [-0.25, -0.2) is 0 Å². The first-order chi connectivity index (χ1) is 8.62. The highest BCUT2D eigenvalue weighted by Gasteiger charge is 1.92. The maximum absolute atomic E-state index is 8.66. The molecule has 98 valence electrons.